The lowest BCUT2D eigenvalue weighted by atomic mass is 9.97. The second-order valence-corrected chi connectivity index (χ2v) is 7.82. The summed E-state index contributed by atoms with van der Waals surface area (Å²) in [6, 6.07) is 4.62. The van der Waals surface area contributed by atoms with Gasteiger partial charge in [0.1, 0.15) is 0 Å². The van der Waals surface area contributed by atoms with Crippen LogP contribution in [-0.2, 0) is 4.79 Å². The normalized spacial score (nSPS) is 21.1. The number of nitrogens with zero attached hydrogens (tertiary/aromatic N) is 4. The summed E-state index contributed by atoms with van der Waals surface area (Å²) >= 11 is 1.60. The summed E-state index contributed by atoms with van der Waals surface area (Å²) in [7, 11) is 0. The van der Waals surface area contributed by atoms with Crippen LogP contribution < -0.4 is 10.2 Å². The molecule has 7 heteroatoms. The molecule has 2 aliphatic rings. The maximum atomic E-state index is 12.3. The third-order valence-electron chi connectivity index (χ3n) is 4.85. The van der Waals surface area contributed by atoms with Crippen molar-refractivity contribution < 1.29 is 4.79 Å². The van der Waals surface area contributed by atoms with Gasteiger partial charge in [-0.25, -0.2) is 0 Å². The lowest BCUT2D eigenvalue weighted by Gasteiger charge is -2.31. The molecule has 1 aliphatic heterocycles. The first-order valence-electron chi connectivity index (χ1n) is 8.66. The van der Waals surface area contributed by atoms with Crippen LogP contribution in [0.15, 0.2) is 12.1 Å². The van der Waals surface area contributed by atoms with E-state index in [1.165, 1.54) is 0 Å². The van der Waals surface area contributed by atoms with Gasteiger partial charge in [-0.15, -0.1) is 10.2 Å². The van der Waals surface area contributed by atoms with Crippen LogP contribution in [0.3, 0.4) is 0 Å². The first kappa shape index (κ1) is 15.6. The lowest BCUT2D eigenvalue weighted by molar-refractivity contribution is -0.125. The van der Waals surface area contributed by atoms with Gasteiger partial charge >= 0.3 is 0 Å². The van der Waals surface area contributed by atoms with Gasteiger partial charge in [0.05, 0.1) is 5.92 Å². The SMILES string of the molecule is Cc1ccc(C)n1-c1nnc(N2CCCC(C(=O)NC3CC3)C2)s1. The van der Waals surface area contributed by atoms with Crippen molar-refractivity contribution >= 4 is 22.4 Å². The van der Waals surface area contributed by atoms with Gasteiger partial charge in [-0.3, -0.25) is 9.36 Å². The van der Waals surface area contributed by atoms with Gasteiger partial charge in [0.15, 0.2) is 0 Å². The van der Waals surface area contributed by atoms with Gasteiger partial charge in [-0.2, -0.15) is 0 Å². The second-order valence-electron chi connectivity index (χ2n) is 6.89. The first-order chi connectivity index (χ1) is 11.6. The molecule has 3 heterocycles. The Morgan fingerprint density at radius 1 is 1.17 bits per heavy atom. The van der Waals surface area contributed by atoms with Crippen molar-refractivity contribution in [2.45, 2.75) is 45.6 Å². The fraction of sp³-hybridized carbons (Fsp3) is 0.588. The molecular formula is C17H23N5OS. The van der Waals surface area contributed by atoms with E-state index in [2.05, 4.69) is 51.0 Å². The van der Waals surface area contributed by atoms with E-state index in [1.807, 2.05) is 0 Å². The molecular weight excluding hydrogens is 322 g/mol. The number of piperidine rings is 1. The average Bonchev–Trinajstić information content (AvgIpc) is 3.15. The quantitative estimate of drug-likeness (QED) is 0.924. The van der Waals surface area contributed by atoms with E-state index in [9.17, 15) is 4.79 Å². The Hall–Kier alpha value is -1.89. The van der Waals surface area contributed by atoms with Crippen LogP contribution in [0.1, 0.15) is 37.1 Å². The standard InChI is InChI=1S/C17H23N5OS/c1-11-5-6-12(2)22(11)17-20-19-16(24-17)21-9-3-4-13(10-21)15(23)18-14-7-8-14/h5-6,13-14H,3-4,7-10H2,1-2H3,(H,18,23). The predicted molar refractivity (Wildman–Crippen MR) is 94.8 cm³/mol. The van der Waals surface area contributed by atoms with Gasteiger partial charge in [-0.1, -0.05) is 11.3 Å². The summed E-state index contributed by atoms with van der Waals surface area (Å²) in [5.74, 6) is 0.283. The highest BCUT2D eigenvalue weighted by atomic mass is 32.1. The third-order valence-corrected chi connectivity index (χ3v) is 5.82. The van der Waals surface area contributed by atoms with Gasteiger partial charge < -0.3 is 10.2 Å². The minimum Gasteiger partial charge on any atom is -0.353 e. The molecule has 128 valence electrons. The second kappa shape index (κ2) is 6.20. The first-order valence-corrected chi connectivity index (χ1v) is 9.47. The van der Waals surface area contributed by atoms with Gasteiger partial charge in [-0.05, 0) is 51.7 Å². The summed E-state index contributed by atoms with van der Waals surface area (Å²) in [6.07, 6.45) is 4.27. The number of hydrogen-bond donors (Lipinski definition) is 1. The summed E-state index contributed by atoms with van der Waals surface area (Å²) in [6.45, 7) is 5.85. The van der Waals surface area contributed by atoms with Crippen molar-refractivity contribution in [3.63, 3.8) is 0 Å². The Labute approximate surface area is 145 Å². The van der Waals surface area contributed by atoms with E-state index in [1.54, 1.807) is 11.3 Å². The summed E-state index contributed by atoms with van der Waals surface area (Å²) in [5.41, 5.74) is 2.33. The largest absolute Gasteiger partial charge is 0.353 e. The maximum Gasteiger partial charge on any atom is 0.225 e. The zero-order chi connectivity index (χ0) is 16.7. The molecule has 1 amide bonds. The molecule has 0 aromatic carbocycles. The van der Waals surface area contributed by atoms with Crippen LogP contribution in [0.25, 0.3) is 5.13 Å². The van der Waals surface area contributed by atoms with E-state index in [0.717, 1.165) is 60.4 Å². The number of amides is 1. The fourth-order valence-corrected chi connectivity index (χ4v) is 4.31. The molecule has 1 aliphatic carbocycles. The number of carbonyl (C=O) groups excluding carboxylic acids is 1. The Morgan fingerprint density at radius 2 is 1.88 bits per heavy atom. The van der Waals surface area contributed by atoms with Crippen LogP contribution in [0.4, 0.5) is 5.13 Å². The molecule has 0 radical (unpaired) electrons. The van der Waals surface area contributed by atoms with E-state index in [-0.39, 0.29) is 11.8 Å². The molecule has 4 rings (SSSR count). The molecule has 1 saturated heterocycles. The molecule has 1 saturated carbocycles. The van der Waals surface area contributed by atoms with Crippen LogP contribution in [0.5, 0.6) is 0 Å². The molecule has 0 spiro atoms. The summed E-state index contributed by atoms with van der Waals surface area (Å²) < 4.78 is 2.13. The fourth-order valence-electron chi connectivity index (χ4n) is 3.31. The Kier molecular flexibility index (Phi) is 4.04. The summed E-state index contributed by atoms with van der Waals surface area (Å²) in [4.78, 5) is 14.6. The highest BCUT2D eigenvalue weighted by molar-refractivity contribution is 7.17. The van der Waals surface area contributed by atoms with Crippen LogP contribution >= 0.6 is 11.3 Å². The zero-order valence-electron chi connectivity index (χ0n) is 14.2. The number of nitrogens with one attached hydrogen (secondary N) is 1. The molecule has 1 N–H and O–H groups in total. The monoisotopic (exact) mass is 345 g/mol. The van der Waals surface area contributed by atoms with Crippen molar-refractivity contribution in [3.8, 4) is 5.13 Å². The minimum atomic E-state index is 0.0711. The van der Waals surface area contributed by atoms with Crippen molar-refractivity contribution in [1.29, 1.82) is 0 Å². The van der Waals surface area contributed by atoms with Crippen molar-refractivity contribution in [1.82, 2.24) is 20.1 Å². The number of carbonyl (C=O) groups is 1. The van der Waals surface area contributed by atoms with Crippen LogP contribution in [0.2, 0.25) is 0 Å². The van der Waals surface area contributed by atoms with Gasteiger partial charge in [0.25, 0.3) is 0 Å². The topological polar surface area (TPSA) is 63.1 Å². The van der Waals surface area contributed by atoms with Crippen molar-refractivity contribution in [3.05, 3.63) is 23.5 Å². The van der Waals surface area contributed by atoms with Crippen molar-refractivity contribution in [2.75, 3.05) is 18.0 Å². The Morgan fingerprint density at radius 3 is 2.58 bits per heavy atom. The molecule has 2 fully saturated rings. The van der Waals surface area contributed by atoms with E-state index in [0.29, 0.717) is 6.04 Å². The van der Waals surface area contributed by atoms with Crippen molar-refractivity contribution in [2.24, 2.45) is 5.92 Å². The molecule has 24 heavy (non-hydrogen) atoms. The number of anilines is 1. The molecule has 0 bridgehead atoms. The van der Waals surface area contributed by atoms with Crippen LogP contribution in [0, 0.1) is 19.8 Å². The van der Waals surface area contributed by atoms with Gasteiger partial charge in [0.2, 0.25) is 16.2 Å². The predicted octanol–water partition coefficient (Wildman–Crippen LogP) is 2.44. The van der Waals surface area contributed by atoms with E-state index < -0.39 is 0 Å². The summed E-state index contributed by atoms with van der Waals surface area (Å²) in [5, 5.41) is 13.7. The Balaban J connectivity index is 1.48. The van der Waals surface area contributed by atoms with E-state index in [4.69, 9.17) is 0 Å². The molecule has 1 atom stereocenters. The smallest absolute Gasteiger partial charge is 0.225 e. The number of hydrogen-bond acceptors (Lipinski definition) is 5. The van der Waals surface area contributed by atoms with Crippen LogP contribution in [-0.4, -0.2) is 39.8 Å². The number of aromatic nitrogens is 3. The minimum absolute atomic E-state index is 0.0711. The zero-order valence-corrected chi connectivity index (χ0v) is 15.0. The molecule has 6 nitrogen and oxygen atoms in total. The Bertz CT molecular complexity index is 728. The molecule has 1 unspecified atom stereocenters. The van der Waals surface area contributed by atoms with Gasteiger partial charge in [0, 0.05) is 30.5 Å². The molecule has 2 aromatic rings. The number of rotatable bonds is 4. The highest BCUT2D eigenvalue weighted by Crippen LogP contribution is 2.30. The number of aryl methyl sites for hydroxylation is 2. The average molecular weight is 345 g/mol. The lowest BCUT2D eigenvalue weighted by Crippen LogP contribution is -2.43. The van der Waals surface area contributed by atoms with E-state index >= 15 is 0 Å². The maximum absolute atomic E-state index is 12.3. The third kappa shape index (κ3) is 3.05. The highest BCUT2D eigenvalue weighted by Gasteiger charge is 2.31. The molecule has 2 aromatic heterocycles.